The van der Waals surface area contributed by atoms with Crippen LogP contribution in [0.15, 0.2) is 0 Å². The Morgan fingerprint density at radius 2 is 1.86 bits per heavy atom. The van der Waals surface area contributed by atoms with Gasteiger partial charge in [-0.2, -0.15) is 0 Å². The fourth-order valence-corrected chi connectivity index (χ4v) is 2.69. The lowest BCUT2D eigenvalue weighted by molar-refractivity contribution is 0.0162. The number of rotatable bonds is 5. The van der Waals surface area contributed by atoms with E-state index in [-0.39, 0.29) is 6.09 Å². The molecule has 1 aliphatic heterocycles. The van der Waals surface area contributed by atoms with E-state index in [0.29, 0.717) is 11.3 Å². The molecular formula is C18H36N2O2. The number of carbonyl (C=O) groups excluding carboxylic acids is 1. The van der Waals surface area contributed by atoms with Crippen LogP contribution in [0.1, 0.15) is 67.2 Å². The minimum atomic E-state index is -0.404. The number of hydrogen-bond donors (Lipinski definition) is 1. The lowest BCUT2D eigenvalue weighted by Gasteiger charge is -2.34. The maximum absolute atomic E-state index is 12.1. The molecule has 1 atom stereocenters. The van der Waals surface area contributed by atoms with Crippen molar-refractivity contribution in [2.24, 2.45) is 11.3 Å². The molecule has 0 aliphatic carbocycles. The van der Waals surface area contributed by atoms with Crippen LogP contribution in [0.4, 0.5) is 4.79 Å². The summed E-state index contributed by atoms with van der Waals surface area (Å²) in [6, 6.07) is 0. The van der Waals surface area contributed by atoms with E-state index >= 15 is 0 Å². The number of hydrogen-bond acceptors (Lipinski definition) is 3. The van der Waals surface area contributed by atoms with Gasteiger partial charge >= 0.3 is 6.09 Å². The predicted molar refractivity (Wildman–Crippen MR) is 92.1 cm³/mol. The van der Waals surface area contributed by atoms with Crippen LogP contribution in [-0.2, 0) is 4.74 Å². The lowest BCUT2D eigenvalue weighted by atomic mass is 9.92. The molecule has 1 N–H and O–H groups in total. The van der Waals surface area contributed by atoms with Crippen molar-refractivity contribution < 1.29 is 9.53 Å². The van der Waals surface area contributed by atoms with Crippen molar-refractivity contribution in [2.75, 3.05) is 26.2 Å². The van der Waals surface area contributed by atoms with Crippen LogP contribution in [0.2, 0.25) is 0 Å². The van der Waals surface area contributed by atoms with Crippen LogP contribution in [0.3, 0.4) is 0 Å². The summed E-state index contributed by atoms with van der Waals surface area (Å²) in [7, 11) is 0. The average molecular weight is 312 g/mol. The average Bonchev–Trinajstić information content (AvgIpc) is 2.35. The molecule has 1 fully saturated rings. The standard InChI is InChI=1S/C18H36N2O2/c1-17(2,3)10-12-19-11-9-15-8-7-13-20(14-15)16(21)22-18(4,5)6/h15,19H,7-14H2,1-6H3. The lowest BCUT2D eigenvalue weighted by Crippen LogP contribution is -2.43. The minimum Gasteiger partial charge on any atom is -0.444 e. The molecule has 1 aliphatic rings. The van der Waals surface area contributed by atoms with Crippen LogP contribution in [-0.4, -0.2) is 42.8 Å². The summed E-state index contributed by atoms with van der Waals surface area (Å²) >= 11 is 0. The van der Waals surface area contributed by atoms with Gasteiger partial charge in [0, 0.05) is 13.1 Å². The number of nitrogens with zero attached hydrogens (tertiary/aromatic N) is 1. The van der Waals surface area contributed by atoms with E-state index in [1.165, 1.54) is 12.8 Å². The normalized spacial score (nSPS) is 20.1. The van der Waals surface area contributed by atoms with Crippen LogP contribution < -0.4 is 5.32 Å². The molecule has 22 heavy (non-hydrogen) atoms. The second-order valence-corrected chi connectivity index (χ2v) is 8.78. The molecule has 0 aromatic heterocycles. The molecule has 1 heterocycles. The third kappa shape index (κ3) is 8.62. The van der Waals surface area contributed by atoms with Gasteiger partial charge in [0.05, 0.1) is 0 Å². The maximum atomic E-state index is 12.1. The molecule has 0 aromatic carbocycles. The first-order valence-electron chi connectivity index (χ1n) is 8.75. The summed E-state index contributed by atoms with van der Waals surface area (Å²) in [6.45, 7) is 16.4. The van der Waals surface area contributed by atoms with Gasteiger partial charge in [-0.05, 0) is 70.9 Å². The molecular weight excluding hydrogens is 276 g/mol. The predicted octanol–water partition coefficient (Wildman–Crippen LogP) is 4.05. The van der Waals surface area contributed by atoms with Gasteiger partial charge in [0.25, 0.3) is 0 Å². The van der Waals surface area contributed by atoms with Gasteiger partial charge in [0.2, 0.25) is 0 Å². The molecule has 1 saturated heterocycles. The second kappa shape index (κ2) is 8.19. The molecule has 0 bridgehead atoms. The Kier molecular flexibility index (Phi) is 7.17. The van der Waals surface area contributed by atoms with Crippen molar-refractivity contribution in [3.63, 3.8) is 0 Å². The van der Waals surface area contributed by atoms with Crippen molar-refractivity contribution in [2.45, 2.75) is 72.8 Å². The van der Waals surface area contributed by atoms with Gasteiger partial charge in [-0.3, -0.25) is 0 Å². The molecule has 1 rings (SSSR count). The quantitative estimate of drug-likeness (QED) is 0.779. The van der Waals surface area contributed by atoms with E-state index < -0.39 is 5.60 Å². The van der Waals surface area contributed by atoms with Crippen molar-refractivity contribution >= 4 is 6.09 Å². The molecule has 0 saturated carbocycles. The van der Waals surface area contributed by atoms with Gasteiger partial charge in [0.1, 0.15) is 5.60 Å². The Balaban J connectivity index is 2.24. The number of carbonyl (C=O) groups is 1. The summed E-state index contributed by atoms with van der Waals surface area (Å²) in [6.07, 6.45) is 4.50. The number of likely N-dealkylation sites (tertiary alicyclic amines) is 1. The van der Waals surface area contributed by atoms with E-state index in [4.69, 9.17) is 4.74 Å². The molecule has 130 valence electrons. The van der Waals surface area contributed by atoms with Crippen molar-refractivity contribution in [3.8, 4) is 0 Å². The first kappa shape index (κ1) is 19.3. The van der Waals surface area contributed by atoms with E-state index in [1.807, 2.05) is 25.7 Å². The molecule has 0 radical (unpaired) electrons. The summed E-state index contributed by atoms with van der Waals surface area (Å²) in [4.78, 5) is 14.0. The number of amides is 1. The first-order valence-corrected chi connectivity index (χ1v) is 8.75. The first-order chi connectivity index (χ1) is 10.1. The van der Waals surface area contributed by atoms with Crippen LogP contribution in [0, 0.1) is 11.3 Å². The Hall–Kier alpha value is -0.770. The highest BCUT2D eigenvalue weighted by molar-refractivity contribution is 5.68. The Morgan fingerprint density at radius 3 is 2.45 bits per heavy atom. The van der Waals surface area contributed by atoms with Gasteiger partial charge < -0.3 is 15.0 Å². The van der Waals surface area contributed by atoms with E-state index in [2.05, 4.69) is 26.1 Å². The van der Waals surface area contributed by atoms with E-state index in [0.717, 1.165) is 39.0 Å². The third-order valence-corrected chi connectivity index (χ3v) is 3.95. The minimum absolute atomic E-state index is 0.155. The SMILES string of the molecule is CC(C)(C)CCNCCC1CCCN(C(=O)OC(C)(C)C)C1. The summed E-state index contributed by atoms with van der Waals surface area (Å²) in [5.41, 5.74) is -0.0100. The third-order valence-electron chi connectivity index (χ3n) is 3.95. The largest absolute Gasteiger partial charge is 0.444 e. The zero-order valence-corrected chi connectivity index (χ0v) is 15.5. The number of ether oxygens (including phenoxy) is 1. The fourth-order valence-electron chi connectivity index (χ4n) is 2.69. The molecule has 4 nitrogen and oxygen atoms in total. The number of piperidine rings is 1. The summed E-state index contributed by atoms with van der Waals surface area (Å²) in [5.74, 6) is 0.600. The highest BCUT2D eigenvalue weighted by Crippen LogP contribution is 2.21. The van der Waals surface area contributed by atoms with Crippen LogP contribution in [0.5, 0.6) is 0 Å². The molecule has 1 amide bonds. The van der Waals surface area contributed by atoms with Crippen LogP contribution >= 0.6 is 0 Å². The smallest absolute Gasteiger partial charge is 0.410 e. The van der Waals surface area contributed by atoms with Gasteiger partial charge in [-0.25, -0.2) is 4.79 Å². The zero-order chi connectivity index (χ0) is 16.8. The van der Waals surface area contributed by atoms with E-state index in [1.54, 1.807) is 0 Å². The van der Waals surface area contributed by atoms with Crippen molar-refractivity contribution in [1.29, 1.82) is 0 Å². The van der Waals surface area contributed by atoms with Crippen molar-refractivity contribution in [1.82, 2.24) is 10.2 Å². The van der Waals surface area contributed by atoms with Gasteiger partial charge in [-0.1, -0.05) is 20.8 Å². The summed E-state index contributed by atoms with van der Waals surface area (Å²) in [5, 5.41) is 3.54. The monoisotopic (exact) mass is 312 g/mol. The van der Waals surface area contributed by atoms with E-state index in [9.17, 15) is 4.79 Å². The molecule has 4 heteroatoms. The van der Waals surface area contributed by atoms with Crippen molar-refractivity contribution in [3.05, 3.63) is 0 Å². The topological polar surface area (TPSA) is 41.6 Å². The van der Waals surface area contributed by atoms with Gasteiger partial charge in [-0.15, -0.1) is 0 Å². The number of nitrogens with one attached hydrogen (secondary N) is 1. The zero-order valence-electron chi connectivity index (χ0n) is 15.5. The molecule has 0 aromatic rings. The molecule has 0 spiro atoms. The second-order valence-electron chi connectivity index (χ2n) is 8.78. The Morgan fingerprint density at radius 1 is 1.18 bits per heavy atom. The Labute approximate surface area is 137 Å². The Bertz CT molecular complexity index is 342. The fraction of sp³-hybridized carbons (Fsp3) is 0.944. The summed E-state index contributed by atoms with van der Waals surface area (Å²) < 4.78 is 5.48. The van der Waals surface area contributed by atoms with Gasteiger partial charge in [0.15, 0.2) is 0 Å². The highest BCUT2D eigenvalue weighted by atomic mass is 16.6. The highest BCUT2D eigenvalue weighted by Gasteiger charge is 2.27. The van der Waals surface area contributed by atoms with Crippen LogP contribution in [0.25, 0.3) is 0 Å². The maximum Gasteiger partial charge on any atom is 0.410 e. The molecule has 1 unspecified atom stereocenters.